The summed E-state index contributed by atoms with van der Waals surface area (Å²) in [5.41, 5.74) is 10.4. The maximum absolute atomic E-state index is 11.1. The molecule has 6 nitrogen and oxygen atoms in total. The predicted molar refractivity (Wildman–Crippen MR) is 117 cm³/mol. The minimum atomic E-state index is 0.128. The van der Waals surface area contributed by atoms with Crippen molar-refractivity contribution in [2.75, 3.05) is 12.8 Å². The molecular weight excluding hydrogens is 386 g/mol. The van der Waals surface area contributed by atoms with Gasteiger partial charge in [0.2, 0.25) is 5.28 Å². The van der Waals surface area contributed by atoms with Crippen LogP contribution in [0.2, 0.25) is 5.28 Å². The van der Waals surface area contributed by atoms with Crippen LogP contribution in [-0.4, -0.2) is 33.6 Å². The number of aromatic nitrogens is 3. The van der Waals surface area contributed by atoms with Crippen molar-refractivity contribution in [2.24, 2.45) is 4.99 Å². The predicted octanol–water partition coefficient (Wildman–Crippen LogP) is 4.59. The van der Waals surface area contributed by atoms with Crippen LogP contribution >= 0.6 is 11.6 Å². The van der Waals surface area contributed by atoms with Crippen molar-refractivity contribution < 1.29 is 4.79 Å². The molecule has 4 rings (SSSR count). The van der Waals surface area contributed by atoms with Crippen LogP contribution in [0.5, 0.6) is 0 Å². The quantitative estimate of drug-likeness (QED) is 0.380. The van der Waals surface area contributed by atoms with E-state index in [9.17, 15) is 4.79 Å². The number of rotatable bonds is 5. The molecule has 1 saturated carbocycles. The zero-order chi connectivity index (χ0) is 20.5. The first-order valence-corrected chi connectivity index (χ1v) is 9.91. The maximum Gasteiger partial charge on any atom is 0.226 e. The van der Waals surface area contributed by atoms with Gasteiger partial charge in [0, 0.05) is 30.4 Å². The number of halogens is 1. The lowest BCUT2D eigenvalue weighted by molar-refractivity contribution is 0.112. The highest BCUT2D eigenvalue weighted by Crippen LogP contribution is 2.43. The normalized spacial score (nSPS) is 19.6. The summed E-state index contributed by atoms with van der Waals surface area (Å²) >= 11 is 6.12. The second kappa shape index (κ2) is 7.79. The van der Waals surface area contributed by atoms with Gasteiger partial charge < -0.3 is 10.3 Å². The summed E-state index contributed by atoms with van der Waals surface area (Å²) < 4.78 is 2.15. The van der Waals surface area contributed by atoms with E-state index < -0.39 is 0 Å². The molecule has 1 fully saturated rings. The number of aliphatic imine (C=N–C) groups is 1. The molecule has 2 N–H and O–H groups in total. The van der Waals surface area contributed by atoms with Crippen LogP contribution in [0.3, 0.4) is 0 Å². The topological polar surface area (TPSA) is 86.2 Å². The molecule has 1 aliphatic carbocycles. The Morgan fingerprint density at radius 3 is 2.93 bits per heavy atom. The summed E-state index contributed by atoms with van der Waals surface area (Å²) in [6, 6.07) is 8.09. The molecule has 0 radical (unpaired) electrons. The van der Waals surface area contributed by atoms with Crippen molar-refractivity contribution in [3.05, 3.63) is 65.1 Å². The SMILES string of the molecule is C=C/C(=N\C)c1cn(C2CCC(c3cccc(C=O)c3)C2)c2nc(Cl)nc(N)c12. The highest BCUT2D eigenvalue weighted by atomic mass is 35.5. The molecule has 7 heteroatoms. The van der Waals surface area contributed by atoms with E-state index in [0.29, 0.717) is 22.9 Å². The number of nitrogen functional groups attached to an aromatic ring is 1. The fraction of sp³-hybridized carbons (Fsp3) is 0.273. The summed E-state index contributed by atoms with van der Waals surface area (Å²) in [6.07, 6.45) is 7.60. The van der Waals surface area contributed by atoms with Crippen LogP contribution in [0.25, 0.3) is 11.0 Å². The second-order valence-corrected chi connectivity index (χ2v) is 7.63. The monoisotopic (exact) mass is 407 g/mol. The number of fused-ring (bicyclic) bond motifs is 1. The number of nitrogens with zero attached hydrogens (tertiary/aromatic N) is 4. The number of hydrogen-bond donors (Lipinski definition) is 1. The number of allylic oxidation sites excluding steroid dienone is 1. The van der Waals surface area contributed by atoms with E-state index >= 15 is 0 Å². The molecule has 2 atom stereocenters. The molecule has 148 valence electrons. The van der Waals surface area contributed by atoms with Gasteiger partial charge in [0.1, 0.15) is 17.8 Å². The van der Waals surface area contributed by atoms with Crippen LogP contribution in [0, 0.1) is 0 Å². The number of anilines is 1. The van der Waals surface area contributed by atoms with Crippen LogP contribution in [0.4, 0.5) is 5.82 Å². The van der Waals surface area contributed by atoms with E-state index in [2.05, 4.69) is 32.2 Å². The summed E-state index contributed by atoms with van der Waals surface area (Å²) in [6.45, 7) is 3.86. The lowest BCUT2D eigenvalue weighted by Crippen LogP contribution is -2.06. The smallest absolute Gasteiger partial charge is 0.226 e. The average molecular weight is 408 g/mol. The van der Waals surface area contributed by atoms with Gasteiger partial charge >= 0.3 is 0 Å². The number of nitrogens with two attached hydrogens (primary N) is 1. The van der Waals surface area contributed by atoms with Crippen LogP contribution in [0.15, 0.2) is 48.1 Å². The Labute approximate surface area is 174 Å². The van der Waals surface area contributed by atoms with Gasteiger partial charge in [-0.3, -0.25) is 9.79 Å². The molecule has 1 aliphatic rings. The van der Waals surface area contributed by atoms with Crippen molar-refractivity contribution in [3.63, 3.8) is 0 Å². The van der Waals surface area contributed by atoms with Crippen LogP contribution in [0.1, 0.15) is 52.7 Å². The minimum Gasteiger partial charge on any atom is -0.383 e. The number of aldehydes is 1. The third-order valence-electron chi connectivity index (χ3n) is 5.70. The average Bonchev–Trinajstić information content (AvgIpc) is 3.34. The van der Waals surface area contributed by atoms with Gasteiger partial charge in [-0.25, -0.2) is 4.98 Å². The fourth-order valence-electron chi connectivity index (χ4n) is 4.34. The number of benzene rings is 1. The largest absolute Gasteiger partial charge is 0.383 e. The van der Waals surface area contributed by atoms with Gasteiger partial charge in [0.05, 0.1) is 11.1 Å². The number of carbonyl (C=O) groups excluding carboxylic acids is 1. The van der Waals surface area contributed by atoms with Crippen molar-refractivity contribution in [1.29, 1.82) is 0 Å². The van der Waals surface area contributed by atoms with Crippen molar-refractivity contribution >= 4 is 40.5 Å². The van der Waals surface area contributed by atoms with Crippen molar-refractivity contribution in [3.8, 4) is 0 Å². The molecule has 29 heavy (non-hydrogen) atoms. The standard InChI is InChI=1S/C22H22ClN5O/c1-3-18(25-2)17-11-28(21-19(17)20(24)26-22(23)27-21)16-8-7-15(10-16)14-6-4-5-13(9-14)12-29/h3-6,9,11-12,15-16H,1,7-8,10H2,2H3,(H2,24,26,27)/b25-18+. The first-order valence-electron chi connectivity index (χ1n) is 9.54. The van der Waals surface area contributed by atoms with Gasteiger partial charge in [0.25, 0.3) is 0 Å². The molecule has 0 spiro atoms. The Morgan fingerprint density at radius 2 is 2.21 bits per heavy atom. The van der Waals surface area contributed by atoms with E-state index in [-0.39, 0.29) is 11.3 Å². The van der Waals surface area contributed by atoms with E-state index in [4.69, 9.17) is 17.3 Å². The van der Waals surface area contributed by atoms with E-state index in [0.717, 1.165) is 42.2 Å². The Bertz CT molecular complexity index is 1130. The van der Waals surface area contributed by atoms with Crippen LogP contribution in [-0.2, 0) is 0 Å². The third kappa shape index (κ3) is 3.44. The Kier molecular flexibility index (Phi) is 5.20. The molecular formula is C22H22ClN5O. The molecule has 0 saturated heterocycles. The van der Waals surface area contributed by atoms with E-state index in [1.54, 1.807) is 13.1 Å². The molecule has 3 aromatic rings. The Morgan fingerprint density at radius 1 is 1.38 bits per heavy atom. The van der Waals surface area contributed by atoms with E-state index in [1.807, 2.05) is 24.4 Å². The van der Waals surface area contributed by atoms with Gasteiger partial charge in [0.15, 0.2) is 0 Å². The third-order valence-corrected chi connectivity index (χ3v) is 5.87. The van der Waals surface area contributed by atoms with Gasteiger partial charge in [-0.2, -0.15) is 4.98 Å². The lowest BCUT2D eigenvalue weighted by Gasteiger charge is -2.15. The zero-order valence-electron chi connectivity index (χ0n) is 16.2. The summed E-state index contributed by atoms with van der Waals surface area (Å²) in [7, 11) is 1.72. The Hall–Kier alpha value is -2.99. The first kappa shape index (κ1) is 19.3. The summed E-state index contributed by atoms with van der Waals surface area (Å²) in [5.74, 6) is 0.721. The van der Waals surface area contributed by atoms with Gasteiger partial charge in [-0.15, -0.1) is 0 Å². The molecule has 0 aliphatic heterocycles. The lowest BCUT2D eigenvalue weighted by atomic mass is 9.96. The fourth-order valence-corrected chi connectivity index (χ4v) is 4.51. The highest BCUT2D eigenvalue weighted by molar-refractivity contribution is 6.29. The molecule has 0 amide bonds. The molecule has 2 heterocycles. The molecule has 2 unspecified atom stereocenters. The Balaban J connectivity index is 1.76. The first-order chi connectivity index (χ1) is 14.0. The molecule has 2 aromatic heterocycles. The minimum absolute atomic E-state index is 0.128. The number of carbonyl (C=O) groups is 1. The van der Waals surface area contributed by atoms with Crippen molar-refractivity contribution in [1.82, 2.24) is 14.5 Å². The number of hydrogen-bond acceptors (Lipinski definition) is 5. The molecule has 1 aromatic carbocycles. The summed E-state index contributed by atoms with van der Waals surface area (Å²) in [5, 5.41) is 0.879. The second-order valence-electron chi connectivity index (χ2n) is 7.29. The van der Waals surface area contributed by atoms with Crippen molar-refractivity contribution in [2.45, 2.75) is 31.2 Å². The highest BCUT2D eigenvalue weighted by Gasteiger charge is 2.30. The maximum atomic E-state index is 11.1. The van der Waals surface area contributed by atoms with Gasteiger partial charge in [-0.05, 0) is 54.5 Å². The summed E-state index contributed by atoms with van der Waals surface area (Å²) in [4.78, 5) is 24.1. The zero-order valence-corrected chi connectivity index (χ0v) is 16.9. The van der Waals surface area contributed by atoms with Crippen LogP contribution < -0.4 is 5.73 Å². The molecule has 0 bridgehead atoms. The van der Waals surface area contributed by atoms with E-state index in [1.165, 1.54) is 5.56 Å². The van der Waals surface area contributed by atoms with Gasteiger partial charge in [-0.1, -0.05) is 24.8 Å².